The number of hydrogen-bond donors (Lipinski definition) is 0. The van der Waals surface area contributed by atoms with Crippen LogP contribution in [0.1, 0.15) is 21.9 Å². The molecule has 0 radical (unpaired) electrons. The normalized spacial score (nSPS) is 11.7. The summed E-state index contributed by atoms with van der Waals surface area (Å²) in [5, 5.41) is 1.05. The summed E-state index contributed by atoms with van der Waals surface area (Å²) >= 11 is 11.2. The van der Waals surface area contributed by atoms with Gasteiger partial charge in [0.2, 0.25) is 0 Å². The molecule has 0 aliphatic rings. The zero-order valence-electron chi connectivity index (χ0n) is 12.2. The number of hydrogen-bond acceptors (Lipinski definition) is 2. The van der Waals surface area contributed by atoms with Gasteiger partial charge in [-0.05, 0) is 45.3 Å². The van der Waals surface area contributed by atoms with Crippen LogP contribution < -0.4 is 0 Å². The van der Waals surface area contributed by atoms with Gasteiger partial charge in [0.1, 0.15) is 5.03 Å². The van der Waals surface area contributed by atoms with E-state index >= 15 is 0 Å². The first-order valence-electron chi connectivity index (χ1n) is 7.09. The molecule has 1 aromatic heterocycles. The van der Waals surface area contributed by atoms with E-state index in [2.05, 4.69) is 51.2 Å². The van der Waals surface area contributed by atoms with E-state index in [0.29, 0.717) is 5.88 Å². The summed E-state index contributed by atoms with van der Waals surface area (Å²) in [6, 6.07) is 24.7. The summed E-state index contributed by atoms with van der Waals surface area (Å²) < 4.78 is 0.900. The van der Waals surface area contributed by atoms with Gasteiger partial charge in [-0.1, -0.05) is 60.3 Å². The van der Waals surface area contributed by atoms with Gasteiger partial charge >= 0.3 is 0 Å². The molecule has 1 atom stereocenters. The molecular formula is C19H13BrClNS. The van der Waals surface area contributed by atoms with Crippen LogP contribution in [0.4, 0.5) is 0 Å². The van der Waals surface area contributed by atoms with E-state index in [1.54, 1.807) is 18.0 Å². The summed E-state index contributed by atoms with van der Waals surface area (Å²) in [6.45, 7) is 0. The van der Waals surface area contributed by atoms with Crippen molar-refractivity contribution in [2.24, 2.45) is 0 Å². The summed E-state index contributed by atoms with van der Waals surface area (Å²) in [6.07, 6.45) is 1.80. The number of aromatic nitrogens is 1. The minimum Gasteiger partial charge on any atom is -0.250 e. The average molecular weight is 403 g/mol. The van der Waals surface area contributed by atoms with Gasteiger partial charge < -0.3 is 0 Å². The van der Waals surface area contributed by atoms with E-state index < -0.39 is 0 Å². The van der Waals surface area contributed by atoms with Crippen LogP contribution in [-0.2, 0) is 5.88 Å². The molecular weight excluding hydrogens is 390 g/mol. The fraction of sp³-hybridized carbons (Fsp3) is 0.105. The number of alkyl halides is 1. The molecule has 1 nitrogen and oxygen atoms in total. The second-order valence-electron chi connectivity index (χ2n) is 4.90. The third-order valence-corrected chi connectivity index (χ3v) is 5.45. The fourth-order valence-corrected chi connectivity index (χ4v) is 3.93. The fourth-order valence-electron chi connectivity index (χ4n) is 2.21. The number of pyridine rings is 1. The Balaban J connectivity index is 2.00. The maximum absolute atomic E-state index is 6.05. The van der Waals surface area contributed by atoms with Crippen molar-refractivity contribution in [3.63, 3.8) is 0 Å². The van der Waals surface area contributed by atoms with Crippen LogP contribution in [0.15, 0.2) is 70.3 Å². The molecule has 3 rings (SSSR count). The van der Waals surface area contributed by atoms with E-state index in [1.807, 2.05) is 36.4 Å². The number of rotatable bonds is 5. The van der Waals surface area contributed by atoms with Crippen molar-refractivity contribution in [2.45, 2.75) is 16.2 Å². The third-order valence-electron chi connectivity index (χ3n) is 3.34. The standard InChI is InChI=1S/C19H13BrClNS/c20-17-10-8-15(9-11-17)18(14-5-2-1-3-6-14)23-19-16(13-21)7-4-12-22-19/h1-8,10,12,18H,13H2. The van der Waals surface area contributed by atoms with Gasteiger partial charge in [0, 0.05) is 11.8 Å². The summed E-state index contributed by atoms with van der Waals surface area (Å²) in [5.74, 6) is 0.452. The number of benzene rings is 1. The van der Waals surface area contributed by atoms with Crippen molar-refractivity contribution in [2.75, 3.05) is 0 Å². The van der Waals surface area contributed by atoms with E-state index in [1.165, 1.54) is 5.56 Å². The van der Waals surface area contributed by atoms with Crippen LogP contribution >= 0.6 is 39.3 Å². The predicted octanol–water partition coefficient (Wildman–Crippen LogP) is 6.06. The molecule has 4 heteroatoms. The van der Waals surface area contributed by atoms with Gasteiger partial charge in [0.05, 0.1) is 15.6 Å². The molecule has 0 spiro atoms. The molecule has 0 aliphatic heterocycles. The van der Waals surface area contributed by atoms with E-state index in [4.69, 9.17) is 11.6 Å². The smallest absolute Gasteiger partial charge is 0.101 e. The predicted molar refractivity (Wildman–Crippen MR) is 99.8 cm³/mol. The first-order valence-corrected chi connectivity index (χ1v) is 9.29. The number of halogens is 2. The molecule has 23 heavy (non-hydrogen) atoms. The molecule has 0 bridgehead atoms. The highest BCUT2D eigenvalue weighted by atomic mass is 79.9. The SMILES string of the molecule is ClCc1cccnc1SC(c1c#cc(Br)cc1)c1ccccc1. The van der Waals surface area contributed by atoms with E-state index in [9.17, 15) is 0 Å². The highest BCUT2D eigenvalue weighted by Gasteiger charge is 2.18. The van der Waals surface area contributed by atoms with Crippen LogP contribution in [0.3, 0.4) is 0 Å². The third kappa shape index (κ3) is 4.09. The van der Waals surface area contributed by atoms with Gasteiger partial charge in [-0.2, -0.15) is 0 Å². The minimum atomic E-state index is 0.0948. The second-order valence-corrected chi connectivity index (χ2v) is 7.11. The molecule has 0 N–H and O–H groups in total. The highest BCUT2D eigenvalue weighted by Crippen LogP contribution is 2.40. The lowest BCUT2D eigenvalue weighted by molar-refractivity contribution is 1.05. The molecule has 0 saturated carbocycles. The Morgan fingerprint density at radius 3 is 2.57 bits per heavy atom. The van der Waals surface area contributed by atoms with Gasteiger partial charge in [0.25, 0.3) is 0 Å². The van der Waals surface area contributed by atoms with E-state index in [0.717, 1.165) is 20.6 Å². The minimum absolute atomic E-state index is 0.0948. The van der Waals surface area contributed by atoms with Crippen LogP contribution in [0.2, 0.25) is 0 Å². The Morgan fingerprint density at radius 2 is 1.87 bits per heavy atom. The maximum Gasteiger partial charge on any atom is 0.101 e. The van der Waals surface area contributed by atoms with E-state index in [-0.39, 0.29) is 5.25 Å². The molecule has 0 fully saturated rings. The zero-order chi connectivity index (χ0) is 16.1. The molecule has 0 saturated heterocycles. The molecule has 114 valence electrons. The van der Waals surface area contributed by atoms with Gasteiger partial charge in [0.15, 0.2) is 0 Å². The highest BCUT2D eigenvalue weighted by molar-refractivity contribution is 9.10. The molecule has 0 aliphatic carbocycles. The molecule has 1 unspecified atom stereocenters. The van der Waals surface area contributed by atoms with Crippen LogP contribution in [0.25, 0.3) is 0 Å². The maximum atomic E-state index is 6.05. The largest absolute Gasteiger partial charge is 0.250 e. The number of thioether (sulfide) groups is 1. The van der Waals surface area contributed by atoms with Crippen molar-refractivity contribution in [1.29, 1.82) is 0 Å². The van der Waals surface area contributed by atoms with Crippen LogP contribution in [0, 0.1) is 12.1 Å². The first kappa shape index (κ1) is 16.4. The molecule has 1 heterocycles. The van der Waals surface area contributed by atoms with Crippen molar-refractivity contribution in [1.82, 2.24) is 4.98 Å². The Labute approximate surface area is 154 Å². The topological polar surface area (TPSA) is 12.9 Å². The van der Waals surface area contributed by atoms with Crippen molar-refractivity contribution >= 4 is 39.3 Å². The monoisotopic (exact) mass is 401 g/mol. The van der Waals surface area contributed by atoms with Crippen molar-refractivity contribution < 1.29 is 0 Å². The Kier molecular flexibility index (Phi) is 5.61. The van der Waals surface area contributed by atoms with Crippen LogP contribution in [0.5, 0.6) is 0 Å². The molecule has 0 amide bonds. The van der Waals surface area contributed by atoms with Gasteiger partial charge in [-0.3, -0.25) is 0 Å². The average Bonchev–Trinajstić information content (AvgIpc) is 2.61. The number of nitrogens with zero attached hydrogens (tertiary/aromatic N) is 1. The first-order chi connectivity index (χ1) is 11.3. The summed E-state index contributed by atoms with van der Waals surface area (Å²) in [4.78, 5) is 4.50. The quantitative estimate of drug-likeness (QED) is 0.380. The second kappa shape index (κ2) is 7.88. The van der Waals surface area contributed by atoms with Crippen molar-refractivity contribution in [3.05, 3.63) is 94.1 Å². The lowest BCUT2D eigenvalue weighted by atomic mass is 10.1. The lowest BCUT2D eigenvalue weighted by Gasteiger charge is -2.17. The van der Waals surface area contributed by atoms with Crippen LogP contribution in [-0.4, -0.2) is 4.98 Å². The Bertz CT molecular complexity index is 762. The Morgan fingerprint density at radius 1 is 1.04 bits per heavy atom. The molecule has 3 aromatic rings. The lowest BCUT2D eigenvalue weighted by Crippen LogP contribution is -1.98. The van der Waals surface area contributed by atoms with Gasteiger partial charge in [-0.25, -0.2) is 4.98 Å². The Hall–Kier alpha value is -1.47. The van der Waals surface area contributed by atoms with Crippen molar-refractivity contribution in [3.8, 4) is 0 Å². The summed E-state index contributed by atoms with van der Waals surface area (Å²) in [5.41, 5.74) is 3.31. The zero-order valence-corrected chi connectivity index (χ0v) is 15.3. The molecule has 2 aromatic carbocycles. The van der Waals surface area contributed by atoms with Gasteiger partial charge in [-0.15, -0.1) is 11.6 Å². The summed E-state index contributed by atoms with van der Waals surface area (Å²) in [7, 11) is 0.